The van der Waals surface area contributed by atoms with Gasteiger partial charge in [-0.15, -0.1) is 0 Å². The Balaban J connectivity index is 2.84. The lowest BCUT2D eigenvalue weighted by atomic mass is 10.2. The molecule has 1 heterocycles. The molecule has 0 aliphatic rings. The Kier molecular flexibility index (Phi) is 3.32. The number of nitrogens with two attached hydrogens (primary N) is 2. The normalized spacial score (nSPS) is 12.5. The maximum Gasteiger partial charge on any atom is 0.186 e. The molecule has 0 aromatic carbocycles. The fraction of sp³-hybridized carbons (Fsp3) is 0.286. The van der Waals surface area contributed by atoms with Crippen LogP contribution in [0.2, 0.25) is 0 Å². The van der Waals surface area contributed by atoms with Gasteiger partial charge >= 0.3 is 0 Å². The van der Waals surface area contributed by atoms with E-state index in [4.69, 9.17) is 21.0 Å². The van der Waals surface area contributed by atoms with Crippen molar-refractivity contribution in [1.82, 2.24) is 0 Å². The van der Waals surface area contributed by atoms with Crippen LogP contribution in [0.1, 0.15) is 11.8 Å². The lowest BCUT2D eigenvalue weighted by Gasteiger charge is -2.05. The van der Waals surface area contributed by atoms with E-state index in [9.17, 15) is 0 Å². The van der Waals surface area contributed by atoms with Crippen molar-refractivity contribution < 1.29 is 9.52 Å². The van der Waals surface area contributed by atoms with Crippen LogP contribution in [0.25, 0.3) is 0 Å². The zero-order valence-electron chi connectivity index (χ0n) is 6.77. The van der Waals surface area contributed by atoms with Crippen molar-refractivity contribution in [1.29, 1.82) is 0 Å². The summed E-state index contributed by atoms with van der Waals surface area (Å²) in [6, 6.07) is 2.87. The van der Waals surface area contributed by atoms with Crippen molar-refractivity contribution >= 4 is 21.9 Å². The molecule has 0 bridgehead atoms. The summed E-state index contributed by atoms with van der Waals surface area (Å²) in [5.74, 6) is 0.439. The van der Waals surface area contributed by atoms with E-state index < -0.39 is 6.04 Å². The lowest BCUT2D eigenvalue weighted by molar-refractivity contribution is 0.251. The van der Waals surface area contributed by atoms with Gasteiger partial charge in [0, 0.05) is 0 Å². The molecule has 1 aromatic heterocycles. The zero-order chi connectivity index (χ0) is 9.84. The van der Waals surface area contributed by atoms with Gasteiger partial charge < -0.3 is 21.0 Å². The summed E-state index contributed by atoms with van der Waals surface area (Å²) in [6.07, 6.45) is 0. The van der Waals surface area contributed by atoms with Gasteiger partial charge in [0.05, 0.1) is 6.61 Å². The molecule has 1 atom stereocenters. The number of aliphatic hydroxyl groups excluding tert-OH is 1. The highest BCUT2D eigenvalue weighted by Crippen LogP contribution is 2.22. The molecule has 72 valence electrons. The Bertz CT molecular complexity index is 306. The van der Waals surface area contributed by atoms with Crippen LogP contribution in [-0.2, 0) is 0 Å². The first kappa shape index (κ1) is 10.1. The summed E-state index contributed by atoms with van der Waals surface area (Å²) in [6.45, 7) is -0.197. The number of guanidine groups is 1. The molecule has 0 amide bonds. The molecular weight excluding hydrogens is 238 g/mol. The number of hydrogen-bond donors (Lipinski definition) is 3. The Morgan fingerprint density at radius 2 is 2.31 bits per heavy atom. The van der Waals surface area contributed by atoms with E-state index >= 15 is 0 Å². The summed E-state index contributed by atoms with van der Waals surface area (Å²) in [5.41, 5.74) is 10.4. The quantitative estimate of drug-likeness (QED) is 0.531. The topological polar surface area (TPSA) is 97.8 Å². The van der Waals surface area contributed by atoms with Gasteiger partial charge in [-0.2, -0.15) is 0 Å². The fourth-order valence-electron chi connectivity index (χ4n) is 0.882. The van der Waals surface area contributed by atoms with Crippen LogP contribution in [0.15, 0.2) is 26.2 Å². The zero-order valence-corrected chi connectivity index (χ0v) is 8.36. The number of halogens is 1. The molecule has 0 saturated heterocycles. The third kappa shape index (κ3) is 2.74. The van der Waals surface area contributed by atoms with Gasteiger partial charge in [0.2, 0.25) is 0 Å². The van der Waals surface area contributed by atoms with E-state index in [-0.39, 0.29) is 12.6 Å². The average molecular weight is 248 g/mol. The maximum atomic E-state index is 8.94. The van der Waals surface area contributed by atoms with E-state index in [2.05, 4.69) is 20.9 Å². The summed E-state index contributed by atoms with van der Waals surface area (Å²) >= 11 is 3.14. The van der Waals surface area contributed by atoms with Gasteiger partial charge in [-0.05, 0) is 28.1 Å². The van der Waals surface area contributed by atoms with Crippen molar-refractivity contribution in [2.45, 2.75) is 6.04 Å². The van der Waals surface area contributed by atoms with E-state index in [1.165, 1.54) is 0 Å². The van der Waals surface area contributed by atoms with Crippen LogP contribution in [0, 0.1) is 0 Å². The van der Waals surface area contributed by atoms with Crippen LogP contribution in [0.4, 0.5) is 0 Å². The first-order chi connectivity index (χ1) is 6.13. The van der Waals surface area contributed by atoms with Crippen LogP contribution in [0.3, 0.4) is 0 Å². The molecule has 0 unspecified atom stereocenters. The molecule has 5 N–H and O–H groups in total. The van der Waals surface area contributed by atoms with E-state index in [0.717, 1.165) is 0 Å². The van der Waals surface area contributed by atoms with Crippen LogP contribution in [-0.4, -0.2) is 17.7 Å². The van der Waals surface area contributed by atoms with Gasteiger partial charge in [0.15, 0.2) is 10.6 Å². The number of rotatable bonds is 3. The van der Waals surface area contributed by atoms with Crippen molar-refractivity contribution in [3.8, 4) is 0 Å². The minimum atomic E-state index is -0.531. The fourth-order valence-corrected chi connectivity index (χ4v) is 1.20. The predicted octanol–water partition coefficient (Wildman–Crippen LogP) is 0.349. The second kappa shape index (κ2) is 4.29. The second-order valence-corrected chi connectivity index (χ2v) is 3.18. The molecule has 0 fully saturated rings. The summed E-state index contributed by atoms with van der Waals surface area (Å²) in [4.78, 5) is 3.79. The minimum Gasteiger partial charge on any atom is -0.452 e. The largest absolute Gasteiger partial charge is 0.452 e. The summed E-state index contributed by atoms with van der Waals surface area (Å²) in [5, 5.41) is 8.94. The molecule has 13 heavy (non-hydrogen) atoms. The van der Waals surface area contributed by atoms with E-state index in [1.807, 2.05) is 0 Å². The molecular formula is C7H10BrN3O2. The van der Waals surface area contributed by atoms with Crippen molar-refractivity contribution in [2.75, 3.05) is 6.61 Å². The molecule has 1 rings (SSSR count). The number of furan rings is 1. The molecule has 5 nitrogen and oxygen atoms in total. The first-order valence-electron chi connectivity index (χ1n) is 3.58. The molecule has 6 heteroatoms. The Morgan fingerprint density at radius 1 is 1.62 bits per heavy atom. The third-order valence-corrected chi connectivity index (χ3v) is 1.83. The smallest absolute Gasteiger partial charge is 0.186 e. The highest BCUT2D eigenvalue weighted by atomic mass is 79.9. The summed E-state index contributed by atoms with van der Waals surface area (Å²) < 4.78 is 5.75. The van der Waals surface area contributed by atoms with Crippen LogP contribution < -0.4 is 11.5 Å². The number of nitrogens with zero attached hydrogens (tertiary/aromatic N) is 1. The first-order valence-corrected chi connectivity index (χ1v) is 4.37. The minimum absolute atomic E-state index is 0.0772. The van der Waals surface area contributed by atoms with E-state index in [1.54, 1.807) is 12.1 Å². The predicted molar refractivity (Wildman–Crippen MR) is 52.0 cm³/mol. The number of hydrogen-bond acceptors (Lipinski definition) is 3. The Morgan fingerprint density at radius 3 is 2.69 bits per heavy atom. The average Bonchev–Trinajstić information content (AvgIpc) is 2.47. The molecule has 0 saturated carbocycles. The highest BCUT2D eigenvalue weighted by molar-refractivity contribution is 9.10. The highest BCUT2D eigenvalue weighted by Gasteiger charge is 2.12. The van der Waals surface area contributed by atoms with Gasteiger partial charge in [-0.25, -0.2) is 4.99 Å². The molecule has 0 radical (unpaired) electrons. The molecule has 0 aliphatic heterocycles. The van der Waals surface area contributed by atoms with Gasteiger partial charge in [-0.3, -0.25) is 0 Å². The van der Waals surface area contributed by atoms with Gasteiger partial charge in [0.25, 0.3) is 0 Å². The van der Waals surface area contributed by atoms with Gasteiger partial charge in [0.1, 0.15) is 11.8 Å². The van der Waals surface area contributed by atoms with Crippen molar-refractivity contribution in [2.24, 2.45) is 16.5 Å². The van der Waals surface area contributed by atoms with Crippen LogP contribution >= 0.6 is 15.9 Å². The molecule has 0 spiro atoms. The van der Waals surface area contributed by atoms with Gasteiger partial charge in [-0.1, -0.05) is 0 Å². The third-order valence-electron chi connectivity index (χ3n) is 1.40. The molecule has 1 aromatic rings. The maximum absolute atomic E-state index is 8.94. The SMILES string of the molecule is NC(N)=N[C@@H](CO)c1ccc(Br)o1. The number of aliphatic hydroxyl groups is 1. The molecule has 0 aliphatic carbocycles. The van der Waals surface area contributed by atoms with E-state index in [0.29, 0.717) is 10.4 Å². The Hall–Kier alpha value is -1.01. The van der Waals surface area contributed by atoms with Crippen LogP contribution in [0.5, 0.6) is 0 Å². The standard InChI is InChI=1S/C7H10BrN3O2/c8-6-2-1-5(13-6)4(3-12)11-7(9)10/h1-2,4,12H,3H2,(H4,9,10,11)/t4-/m0/s1. The van der Waals surface area contributed by atoms with Crippen molar-refractivity contribution in [3.63, 3.8) is 0 Å². The van der Waals surface area contributed by atoms with Crippen molar-refractivity contribution in [3.05, 3.63) is 22.6 Å². The monoisotopic (exact) mass is 247 g/mol. The second-order valence-electron chi connectivity index (χ2n) is 2.39. The number of aliphatic imine (C=N–C) groups is 1. The summed E-state index contributed by atoms with van der Waals surface area (Å²) in [7, 11) is 0. The Labute approximate surface area is 83.6 Å². The lowest BCUT2D eigenvalue weighted by Crippen LogP contribution is -2.24.